The minimum absolute atomic E-state index is 0.0441. The van der Waals surface area contributed by atoms with Crippen LogP contribution in [-0.2, 0) is 4.74 Å². The van der Waals surface area contributed by atoms with Gasteiger partial charge in [-0.1, -0.05) is 81.5 Å². The van der Waals surface area contributed by atoms with Crippen molar-refractivity contribution in [1.82, 2.24) is 5.32 Å². The van der Waals surface area contributed by atoms with Gasteiger partial charge in [0.15, 0.2) is 0 Å². The van der Waals surface area contributed by atoms with Crippen molar-refractivity contribution >= 4 is 22.0 Å². The second-order valence-corrected chi connectivity index (χ2v) is 14.0. The summed E-state index contributed by atoms with van der Waals surface area (Å²) in [5.74, 6) is 5.22. The molecule has 0 aliphatic heterocycles. The number of nitrogens with one attached hydrogen (secondary N) is 1. The van der Waals surface area contributed by atoms with E-state index in [2.05, 4.69) is 61.9 Å². The summed E-state index contributed by atoms with van der Waals surface area (Å²) in [4.78, 5) is 12.1. The molecule has 194 valence electrons. The number of hydrogen-bond donors (Lipinski definition) is 1. The van der Waals surface area contributed by atoms with Gasteiger partial charge in [0.25, 0.3) is 0 Å². The van der Waals surface area contributed by atoms with Crippen LogP contribution in [0.5, 0.6) is 0 Å². The molecular formula is C30H50BrNO2. The fraction of sp³-hybridized carbons (Fsp3) is 0.900. The highest BCUT2D eigenvalue weighted by molar-refractivity contribution is 9.09. The fourth-order valence-electron chi connectivity index (χ4n) is 9.09. The highest BCUT2D eigenvalue weighted by Crippen LogP contribution is 2.67. The Kier molecular flexibility index (Phi) is 8.47. The van der Waals surface area contributed by atoms with Gasteiger partial charge in [-0.25, -0.2) is 4.79 Å². The summed E-state index contributed by atoms with van der Waals surface area (Å²) in [7, 11) is 0. The van der Waals surface area contributed by atoms with Crippen LogP contribution in [0.1, 0.15) is 105 Å². The van der Waals surface area contributed by atoms with Crippen molar-refractivity contribution in [2.24, 2.45) is 46.3 Å². The Balaban J connectivity index is 1.41. The van der Waals surface area contributed by atoms with Crippen LogP contribution < -0.4 is 5.32 Å². The average Bonchev–Trinajstić information content (AvgIpc) is 3.15. The van der Waals surface area contributed by atoms with E-state index in [9.17, 15) is 4.79 Å². The molecule has 3 saturated carbocycles. The largest absolute Gasteiger partial charge is 0.446 e. The summed E-state index contributed by atoms with van der Waals surface area (Å²) in [6.45, 7) is 13.2. The summed E-state index contributed by atoms with van der Waals surface area (Å²) in [6, 6.07) is 0. The molecule has 0 heterocycles. The fourth-order valence-corrected chi connectivity index (χ4v) is 9.29. The SMILES string of the molecule is CC(C)CCC[C@@H](C)C1CC[C@H]2[C@@H]3CC=C4CC(OC(=O)NCCBr)CC[C@]4(C)[C@H]3CC[C@]12C. The normalized spacial score (nSPS) is 40.1. The van der Waals surface area contributed by atoms with Gasteiger partial charge in [-0.2, -0.15) is 0 Å². The third-order valence-corrected chi connectivity index (χ3v) is 11.3. The summed E-state index contributed by atoms with van der Waals surface area (Å²) >= 11 is 3.36. The highest BCUT2D eigenvalue weighted by atomic mass is 79.9. The van der Waals surface area contributed by atoms with E-state index in [0.29, 0.717) is 17.4 Å². The van der Waals surface area contributed by atoms with Crippen molar-refractivity contribution in [3.63, 3.8) is 0 Å². The maximum atomic E-state index is 12.1. The molecule has 0 aromatic heterocycles. The standard InChI is InChI=1S/C30H50BrNO2/c1-20(2)7-6-8-21(3)25-11-12-26-24-10-9-22-19-23(34-28(33)32-18-17-31)13-15-29(22,4)27(24)14-16-30(25,26)5/h9,20-21,23-27H,6-8,10-19H2,1-5H3,(H,32,33)/t21-,23?,24+,25?,26+,27+,29+,30-/m1/s1. The zero-order chi connectivity index (χ0) is 24.5. The second-order valence-electron chi connectivity index (χ2n) is 13.2. The molecule has 4 aliphatic carbocycles. The molecule has 4 aliphatic rings. The summed E-state index contributed by atoms with van der Waals surface area (Å²) in [6.07, 6.45) is 16.7. The van der Waals surface area contributed by atoms with Crippen LogP contribution in [-0.4, -0.2) is 24.1 Å². The maximum absolute atomic E-state index is 12.1. The molecule has 0 aromatic carbocycles. The molecule has 0 bridgehead atoms. The van der Waals surface area contributed by atoms with E-state index in [1.807, 2.05) is 0 Å². The van der Waals surface area contributed by atoms with Crippen LogP contribution in [0.4, 0.5) is 4.79 Å². The lowest BCUT2D eigenvalue weighted by molar-refractivity contribution is -0.0581. The van der Waals surface area contributed by atoms with Gasteiger partial charge in [-0.05, 0) is 91.3 Å². The van der Waals surface area contributed by atoms with E-state index >= 15 is 0 Å². The molecular weight excluding hydrogens is 486 g/mol. The number of fused-ring (bicyclic) bond motifs is 5. The van der Waals surface area contributed by atoms with Gasteiger partial charge in [-0.3, -0.25) is 0 Å². The van der Waals surface area contributed by atoms with Crippen LogP contribution in [0.3, 0.4) is 0 Å². The molecule has 34 heavy (non-hydrogen) atoms. The van der Waals surface area contributed by atoms with E-state index in [1.165, 1.54) is 57.8 Å². The Morgan fingerprint density at radius 2 is 1.91 bits per heavy atom. The maximum Gasteiger partial charge on any atom is 0.407 e. The van der Waals surface area contributed by atoms with Crippen LogP contribution in [0.2, 0.25) is 0 Å². The van der Waals surface area contributed by atoms with Gasteiger partial charge < -0.3 is 10.1 Å². The van der Waals surface area contributed by atoms with E-state index in [1.54, 1.807) is 5.57 Å². The monoisotopic (exact) mass is 535 g/mol. The van der Waals surface area contributed by atoms with Crippen LogP contribution in [0, 0.1) is 46.3 Å². The number of alkyl carbamates (subject to hydrolysis) is 1. The number of carbonyl (C=O) groups is 1. The van der Waals surface area contributed by atoms with Crippen molar-refractivity contribution < 1.29 is 9.53 Å². The molecule has 0 saturated heterocycles. The predicted molar refractivity (Wildman–Crippen MR) is 145 cm³/mol. The molecule has 4 heteroatoms. The number of ether oxygens (including phenoxy) is 1. The Labute approximate surface area is 217 Å². The Morgan fingerprint density at radius 3 is 2.65 bits per heavy atom. The molecule has 2 unspecified atom stereocenters. The molecule has 3 fully saturated rings. The highest BCUT2D eigenvalue weighted by Gasteiger charge is 2.59. The second kappa shape index (κ2) is 10.9. The number of halogens is 1. The van der Waals surface area contributed by atoms with Crippen molar-refractivity contribution in [3.05, 3.63) is 11.6 Å². The topological polar surface area (TPSA) is 38.3 Å². The first kappa shape index (κ1) is 26.6. The lowest BCUT2D eigenvalue weighted by Crippen LogP contribution is -2.51. The molecule has 8 atom stereocenters. The third-order valence-electron chi connectivity index (χ3n) is 10.9. The molecule has 1 N–H and O–H groups in total. The van der Waals surface area contributed by atoms with Crippen LogP contribution in [0.15, 0.2) is 11.6 Å². The van der Waals surface area contributed by atoms with Gasteiger partial charge in [0.1, 0.15) is 6.10 Å². The quantitative estimate of drug-likeness (QED) is 0.249. The first-order valence-electron chi connectivity index (χ1n) is 14.4. The van der Waals surface area contributed by atoms with E-state index in [0.717, 1.165) is 53.7 Å². The van der Waals surface area contributed by atoms with Crippen molar-refractivity contribution in [3.8, 4) is 0 Å². The third kappa shape index (κ3) is 5.14. The lowest BCUT2D eigenvalue weighted by Gasteiger charge is -2.58. The van der Waals surface area contributed by atoms with Gasteiger partial charge in [0, 0.05) is 18.3 Å². The Morgan fingerprint density at radius 1 is 1.12 bits per heavy atom. The van der Waals surface area contributed by atoms with Crippen LogP contribution >= 0.6 is 15.9 Å². The summed E-state index contributed by atoms with van der Waals surface area (Å²) in [5.41, 5.74) is 2.46. The summed E-state index contributed by atoms with van der Waals surface area (Å²) < 4.78 is 5.78. The first-order chi connectivity index (χ1) is 16.2. The average molecular weight is 537 g/mol. The summed E-state index contributed by atoms with van der Waals surface area (Å²) in [5, 5.41) is 3.60. The van der Waals surface area contributed by atoms with Crippen molar-refractivity contribution in [2.75, 3.05) is 11.9 Å². The number of hydrogen-bond acceptors (Lipinski definition) is 2. The number of alkyl halides is 1. The zero-order valence-corrected chi connectivity index (χ0v) is 24.1. The van der Waals surface area contributed by atoms with E-state index < -0.39 is 0 Å². The zero-order valence-electron chi connectivity index (χ0n) is 22.5. The molecule has 3 nitrogen and oxygen atoms in total. The van der Waals surface area contributed by atoms with Gasteiger partial charge in [0.05, 0.1) is 0 Å². The number of allylic oxidation sites excluding steroid dienone is 1. The number of rotatable bonds is 8. The van der Waals surface area contributed by atoms with Gasteiger partial charge >= 0.3 is 6.09 Å². The van der Waals surface area contributed by atoms with Crippen molar-refractivity contribution in [1.29, 1.82) is 0 Å². The minimum Gasteiger partial charge on any atom is -0.446 e. The predicted octanol–water partition coefficient (Wildman–Crippen LogP) is 8.52. The van der Waals surface area contributed by atoms with Gasteiger partial charge in [-0.15, -0.1) is 0 Å². The molecule has 1 amide bonds. The molecule has 0 aromatic rings. The first-order valence-corrected chi connectivity index (χ1v) is 15.5. The molecule has 0 spiro atoms. The molecule has 0 radical (unpaired) electrons. The Bertz CT molecular complexity index is 750. The smallest absolute Gasteiger partial charge is 0.407 e. The van der Waals surface area contributed by atoms with Gasteiger partial charge in [0.2, 0.25) is 0 Å². The van der Waals surface area contributed by atoms with E-state index in [4.69, 9.17) is 4.74 Å². The lowest BCUT2D eigenvalue weighted by atomic mass is 9.47. The minimum atomic E-state index is -0.254. The Hall–Kier alpha value is -0.510. The number of amides is 1. The number of carbonyl (C=O) groups excluding carboxylic acids is 1. The molecule has 4 rings (SSSR count). The van der Waals surface area contributed by atoms with E-state index in [-0.39, 0.29) is 12.2 Å². The van der Waals surface area contributed by atoms with Crippen molar-refractivity contribution in [2.45, 2.75) is 111 Å². The van der Waals surface area contributed by atoms with Crippen LogP contribution in [0.25, 0.3) is 0 Å².